The number of benzene rings is 2. The van der Waals surface area contributed by atoms with E-state index in [1.807, 2.05) is 42.0 Å². The molecule has 0 saturated heterocycles. The highest BCUT2D eigenvalue weighted by Gasteiger charge is 2.21. The van der Waals surface area contributed by atoms with E-state index in [-0.39, 0.29) is 5.82 Å². The van der Waals surface area contributed by atoms with Crippen LogP contribution in [0.1, 0.15) is 29.1 Å². The molecule has 4 aromatic rings. The van der Waals surface area contributed by atoms with Crippen LogP contribution in [0.5, 0.6) is 5.75 Å². The normalized spacial score (nSPS) is 12.9. The first-order valence-corrected chi connectivity index (χ1v) is 11.5. The van der Waals surface area contributed by atoms with E-state index < -0.39 is 5.69 Å². The van der Waals surface area contributed by atoms with Gasteiger partial charge < -0.3 is 14.0 Å². The number of nitrogens with zero attached hydrogens (tertiary/aromatic N) is 5. The summed E-state index contributed by atoms with van der Waals surface area (Å²) in [4.78, 5) is 21.4. The molecular weight excluding hydrogens is 449 g/mol. The molecule has 0 atom stereocenters. The predicted octanol–water partition coefficient (Wildman–Crippen LogP) is 3.81. The van der Waals surface area contributed by atoms with Crippen LogP contribution in [-0.2, 0) is 17.7 Å². The average molecular weight is 476 g/mol. The number of aryl methyl sites for hydroxylation is 1. The summed E-state index contributed by atoms with van der Waals surface area (Å²) in [7, 11) is 1.64. The van der Waals surface area contributed by atoms with Gasteiger partial charge in [-0.3, -0.25) is 4.68 Å². The van der Waals surface area contributed by atoms with Crippen molar-refractivity contribution in [3.8, 4) is 17.1 Å². The van der Waals surface area contributed by atoms with E-state index in [1.54, 1.807) is 30.3 Å². The molecule has 0 spiro atoms. The third-order valence-corrected chi connectivity index (χ3v) is 5.96. The number of ether oxygens (including phenoxy) is 2. The summed E-state index contributed by atoms with van der Waals surface area (Å²) in [5, 5.41) is 0. The first-order chi connectivity index (χ1) is 17.0. The second-order valence-corrected chi connectivity index (χ2v) is 8.35. The third kappa shape index (κ3) is 4.54. The highest BCUT2D eigenvalue weighted by molar-refractivity contribution is 5.73. The Kier molecular flexibility index (Phi) is 6.33. The van der Waals surface area contributed by atoms with E-state index in [0.29, 0.717) is 37.7 Å². The lowest BCUT2D eigenvalue weighted by Crippen LogP contribution is -2.22. The van der Waals surface area contributed by atoms with Crippen molar-refractivity contribution in [3.05, 3.63) is 87.9 Å². The van der Waals surface area contributed by atoms with Gasteiger partial charge in [0.15, 0.2) is 5.82 Å². The van der Waals surface area contributed by atoms with Gasteiger partial charge >= 0.3 is 5.69 Å². The van der Waals surface area contributed by atoms with Gasteiger partial charge in [0, 0.05) is 38.4 Å². The minimum Gasteiger partial charge on any atom is -0.491 e. The molecule has 0 bridgehead atoms. The van der Waals surface area contributed by atoms with Gasteiger partial charge in [-0.1, -0.05) is 12.1 Å². The van der Waals surface area contributed by atoms with Crippen LogP contribution in [-0.4, -0.2) is 44.2 Å². The molecule has 0 saturated carbocycles. The molecule has 180 valence electrons. The van der Waals surface area contributed by atoms with Crippen LogP contribution >= 0.6 is 0 Å². The molecule has 1 aliphatic heterocycles. The first kappa shape index (κ1) is 22.8. The van der Waals surface area contributed by atoms with Crippen LogP contribution < -0.4 is 10.4 Å². The molecule has 0 radical (unpaired) electrons. The fourth-order valence-corrected chi connectivity index (χ4v) is 4.32. The SMILES string of the molecule is COCCCn1c(C=Cc2ccc(-n3cnc(C)c3)c3c2CCO3)nc(=O)n1-c1ccc(F)cc1. The minimum atomic E-state index is -0.423. The Morgan fingerprint density at radius 3 is 2.74 bits per heavy atom. The summed E-state index contributed by atoms with van der Waals surface area (Å²) < 4.78 is 29.8. The largest absolute Gasteiger partial charge is 0.491 e. The molecule has 5 rings (SSSR count). The van der Waals surface area contributed by atoms with Crippen molar-refractivity contribution in [1.29, 1.82) is 0 Å². The summed E-state index contributed by atoms with van der Waals surface area (Å²) in [5.74, 6) is 0.994. The van der Waals surface area contributed by atoms with E-state index in [4.69, 9.17) is 9.47 Å². The number of hydrogen-bond acceptors (Lipinski definition) is 5. The summed E-state index contributed by atoms with van der Waals surface area (Å²) >= 11 is 0. The molecular formula is C26H26FN5O3. The third-order valence-electron chi connectivity index (χ3n) is 5.96. The molecule has 8 nitrogen and oxygen atoms in total. The van der Waals surface area contributed by atoms with E-state index in [2.05, 4.69) is 9.97 Å². The number of rotatable bonds is 8. The summed E-state index contributed by atoms with van der Waals surface area (Å²) in [6, 6.07) is 9.85. The molecule has 0 aliphatic carbocycles. The zero-order valence-corrected chi connectivity index (χ0v) is 19.6. The molecule has 3 heterocycles. The highest BCUT2D eigenvalue weighted by Crippen LogP contribution is 2.35. The Hall–Kier alpha value is -3.98. The zero-order valence-electron chi connectivity index (χ0n) is 19.6. The lowest BCUT2D eigenvalue weighted by Gasteiger charge is -2.12. The van der Waals surface area contributed by atoms with Crippen LogP contribution in [0.15, 0.2) is 53.7 Å². The number of aromatic nitrogens is 5. The molecule has 9 heteroatoms. The van der Waals surface area contributed by atoms with Gasteiger partial charge in [0.2, 0.25) is 0 Å². The van der Waals surface area contributed by atoms with Crippen molar-refractivity contribution >= 4 is 12.2 Å². The number of hydrogen-bond donors (Lipinski definition) is 0. The van der Waals surface area contributed by atoms with Crippen molar-refractivity contribution in [2.24, 2.45) is 0 Å². The number of methoxy groups -OCH3 is 1. The molecule has 2 aromatic heterocycles. The summed E-state index contributed by atoms with van der Waals surface area (Å²) in [6.45, 7) is 3.62. The van der Waals surface area contributed by atoms with Gasteiger partial charge in [-0.25, -0.2) is 14.2 Å². The quantitative estimate of drug-likeness (QED) is 0.362. The van der Waals surface area contributed by atoms with Gasteiger partial charge in [-0.15, -0.1) is 0 Å². The van der Waals surface area contributed by atoms with E-state index >= 15 is 0 Å². The Bertz CT molecular complexity index is 1430. The Morgan fingerprint density at radius 2 is 2.00 bits per heavy atom. The van der Waals surface area contributed by atoms with Crippen molar-refractivity contribution in [2.45, 2.75) is 26.3 Å². The molecule has 2 aromatic carbocycles. The van der Waals surface area contributed by atoms with Crippen LogP contribution in [0.25, 0.3) is 23.5 Å². The Labute approximate surface area is 201 Å². The lowest BCUT2D eigenvalue weighted by atomic mass is 10.0. The van der Waals surface area contributed by atoms with Crippen LogP contribution in [0.4, 0.5) is 4.39 Å². The van der Waals surface area contributed by atoms with Crippen molar-refractivity contribution in [3.63, 3.8) is 0 Å². The topological polar surface area (TPSA) is 76.1 Å². The second-order valence-electron chi connectivity index (χ2n) is 8.35. The van der Waals surface area contributed by atoms with E-state index in [9.17, 15) is 9.18 Å². The molecule has 1 aliphatic rings. The summed E-state index contributed by atoms with van der Waals surface area (Å²) in [6.07, 6.45) is 9.03. The number of halogens is 1. The Morgan fingerprint density at radius 1 is 1.17 bits per heavy atom. The maximum atomic E-state index is 13.5. The fourth-order valence-electron chi connectivity index (χ4n) is 4.32. The van der Waals surface area contributed by atoms with Gasteiger partial charge in [0.25, 0.3) is 0 Å². The van der Waals surface area contributed by atoms with Crippen molar-refractivity contribution in [2.75, 3.05) is 20.3 Å². The van der Waals surface area contributed by atoms with Gasteiger partial charge in [0.1, 0.15) is 11.6 Å². The smallest absolute Gasteiger partial charge is 0.369 e. The highest BCUT2D eigenvalue weighted by atomic mass is 19.1. The molecule has 35 heavy (non-hydrogen) atoms. The predicted molar refractivity (Wildman–Crippen MR) is 131 cm³/mol. The van der Waals surface area contributed by atoms with Gasteiger partial charge in [-0.2, -0.15) is 9.67 Å². The van der Waals surface area contributed by atoms with Crippen LogP contribution in [0, 0.1) is 12.7 Å². The summed E-state index contributed by atoms with van der Waals surface area (Å²) in [5.41, 5.74) is 4.13. The van der Waals surface area contributed by atoms with Crippen LogP contribution in [0.3, 0.4) is 0 Å². The molecule has 0 amide bonds. The fraction of sp³-hybridized carbons (Fsp3) is 0.269. The average Bonchev–Trinajstić information content (AvgIpc) is 3.58. The standard InChI is InChI=1S/C26H26FN5O3/c1-18-16-30(17-28-18)23-10-4-19(22-12-15-35-25(22)23)5-11-24-29-26(33)32(31(24)13-3-14-34-2)21-8-6-20(27)7-9-21/h4-11,16-17H,3,12-15H2,1-2H3. The monoisotopic (exact) mass is 475 g/mol. The van der Waals surface area contributed by atoms with Crippen molar-refractivity contribution < 1.29 is 13.9 Å². The number of fused-ring (bicyclic) bond motifs is 1. The number of imidazole rings is 1. The maximum Gasteiger partial charge on any atom is 0.369 e. The molecule has 0 fully saturated rings. The van der Waals surface area contributed by atoms with Gasteiger partial charge in [0.05, 0.1) is 30.0 Å². The molecule has 0 N–H and O–H groups in total. The minimum absolute atomic E-state index is 0.363. The van der Waals surface area contributed by atoms with Crippen molar-refractivity contribution in [1.82, 2.24) is 23.9 Å². The van der Waals surface area contributed by atoms with E-state index in [1.165, 1.54) is 16.8 Å². The van der Waals surface area contributed by atoms with Gasteiger partial charge in [-0.05, 0) is 55.3 Å². The van der Waals surface area contributed by atoms with Crippen LogP contribution in [0.2, 0.25) is 0 Å². The second kappa shape index (κ2) is 9.71. The van der Waals surface area contributed by atoms with E-state index in [0.717, 1.165) is 34.7 Å². The zero-order chi connectivity index (χ0) is 24.4. The molecule has 0 unspecified atom stereocenters. The first-order valence-electron chi connectivity index (χ1n) is 11.5. The lowest BCUT2D eigenvalue weighted by molar-refractivity contribution is 0.188. The maximum absolute atomic E-state index is 13.5. The Balaban J connectivity index is 1.52.